The minimum atomic E-state index is -4.04. The van der Waals surface area contributed by atoms with Crippen molar-refractivity contribution in [3.63, 3.8) is 0 Å². The Morgan fingerprint density at radius 1 is 1.10 bits per heavy atom. The lowest BCUT2D eigenvalue weighted by Gasteiger charge is -2.29. The summed E-state index contributed by atoms with van der Waals surface area (Å²) in [5.74, 6) is -2.80. The van der Waals surface area contributed by atoms with Gasteiger partial charge in [0.15, 0.2) is 9.84 Å². The van der Waals surface area contributed by atoms with Gasteiger partial charge in [-0.2, -0.15) is 0 Å². The predicted octanol–water partition coefficient (Wildman–Crippen LogP) is 2.61. The second-order valence-corrected chi connectivity index (χ2v) is 8.40. The number of sulfone groups is 1. The number of halogens is 2. The average Bonchev–Trinajstić information content (AvgIpc) is 2.67. The number of carbonyl (C=O) groups is 2. The van der Waals surface area contributed by atoms with Crippen molar-refractivity contribution in [3.05, 3.63) is 77.0 Å². The molecule has 2 N–H and O–H groups in total. The van der Waals surface area contributed by atoms with E-state index in [1.165, 1.54) is 18.2 Å². The summed E-state index contributed by atoms with van der Waals surface area (Å²) in [5, 5.41) is 4.83. The Kier molecular flexibility index (Phi) is 6.16. The molecule has 0 radical (unpaired) electrons. The normalized spacial score (nSPS) is 16.6. The number of amides is 2. The number of nitrogens with one attached hydrogen (secondary N) is 2. The number of hydrogen-bond acceptors (Lipinski definition) is 5. The Balaban J connectivity index is 2.10. The first kappa shape index (κ1) is 21.4. The van der Waals surface area contributed by atoms with Crippen molar-refractivity contribution in [1.29, 1.82) is 0 Å². The summed E-state index contributed by atoms with van der Waals surface area (Å²) >= 11 is 0. The Labute approximate surface area is 171 Å². The van der Waals surface area contributed by atoms with Gasteiger partial charge in [-0.3, -0.25) is 0 Å². The molecule has 10 heteroatoms. The molecule has 1 heterocycles. The number of esters is 1. The first-order valence-electron chi connectivity index (χ1n) is 8.92. The maximum absolute atomic E-state index is 13.7. The molecule has 2 aromatic carbocycles. The van der Waals surface area contributed by atoms with Crippen LogP contribution in [0.2, 0.25) is 0 Å². The first-order chi connectivity index (χ1) is 14.2. The second-order valence-electron chi connectivity index (χ2n) is 6.41. The van der Waals surface area contributed by atoms with Crippen LogP contribution < -0.4 is 10.6 Å². The lowest BCUT2D eigenvalue weighted by molar-refractivity contribution is -0.139. The van der Waals surface area contributed by atoms with E-state index in [4.69, 9.17) is 4.74 Å². The van der Waals surface area contributed by atoms with Crippen LogP contribution in [0.3, 0.4) is 0 Å². The topological polar surface area (TPSA) is 102 Å². The molecule has 0 fully saturated rings. The van der Waals surface area contributed by atoms with Crippen LogP contribution in [-0.2, 0) is 19.4 Å². The number of carbonyl (C=O) groups excluding carboxylic acids is 2. The molecular formula is C20H18F2N2O5S. The van der Waals surface area contributed by atoms with Gasteiger partial charge in [0, 0.05) is 5.70 Å². The first-order valence-corrected chi connectivity index (χ1v) is 10.6. The summed E-state index contributed by atoms with van der Waals surface area (Å²) in [6.45, 7) is 1.57. The molecule has 0 spiro atoms. The SMILES string of the molecule is CCOC(=O)C1=C(CS(=O)(=O)c2ccc(F)cc2)NC(=O)N[C@H]1c1cccc(F)c1. The number of hydrogen-bond donors (Lipinski definition) is 2. The summed E-state index contributed by atoms with van der Waals surface area (Å²) in [4.78, 5) is 24.6. The van der Waals surface area contributed by atoms with Gasteiger partial charge in [-0.25, -0.2) is 26.8 Å². The van der Waals surface area contributed by atoms with E-state index in [0.29, 0.717) is 0 Å². The fourth-order valence-electron chi connectivity index (χ4n) is 3.03. The van der Waals surface area contributed by atoms with Gasteiger partial charge in [0.25, 0.3) is 0 Å². The van der Waals surface area contributed by atoms with Crippen molar-refractivity contribution >= 4 is 21.8 Å². The lowest BCUT2D eigenvalue weighted by Crippen LogP contribution is -2.47. The van der Waals surface area contributed by atoms with Gasteiger partial charge in [0.05, 0.1) is 28.9 Å². The molecule has 30 heavy (non-hydrogen) atoms. The third-order valence-electron chi connectivity index (χ3n) is 4.34. The highest BCUT2D eigenvalue weighted by molar-refractivity contribution is 7.91. The Morgan fingerprint density at radius 2 is 1.80 bits per heavy atom. The van der Waals surface area contributed by atoms with E-state index in [-0.39, 0.29) is 28.3 Å². The van der Waals surface area contributed by atoms with Gasteiger partial charge in [0.2, 0.25) is 0 Å². The van der Waals surface area contributed by atoms with E-state index >= 15 is 0 Å². The van der Waals surface area contributed by atoms with E-state index in [1.807, 2.05) is 0 Å². The number of rotatable bonds is 6. The molecule has 0 saturated carbocycles. The van der Waals surface area contributed by atoms with E-state index in [1.54, 1.807) is 6.92 Å². The maximum atomic E-state index is 13.7. The van der Waals surface area contributed by atoms with Crippen LogP contribution in [0.4, 0.5) is 13.6 Å². The molecule has 0 aromatic heterocycles. The fourth-order valence-corrected chi connectivity index (χ4v) is 4.36. The summed E-state index contributed by atoms with van der Waals surface area (Å²) in [6, 6.07) is 7.48. The van der Waals surface area contributed by atoms with Gasteiger partial charge in [-0.1, -0.05) is 12.1 Å². The number of benzene rings is 2. The average molecular weight is 436 g/mol. The third kappa shape index (κ3) is 4.65. The third-order valence-corrected chi connectivity index (χ3v) is 6.00. The lowest BCUT2D eigenvalue weighted by atomic mass is 9.95. The van der Waals surface area contributed by atoms with E-state index < -0.39 is 45.3 Å². The van der Waals surface area contributed by atoms with Gasteiger partial charge in [-0.15, -0.1) is 0 Å². The standard InChI is InChI=1S/C20H18F2N2O5S/c1-2-29-19(25)17-16(11-30(27,28)15-8-6-13(21)7-9-15)23-20(26)24-18(17)12-4-3-5-14(22)10-12/h3-10,18H,2,11H2,1H3,(H2,23,24,26)/t18-/m0/s1. The minimum Gasteiger partial charge on any atom is -0.463 e. The smallest absolute Gasteiger partial charge is 0.338 e. The summed E-state index contributed by atoms with van der Waals surface area (Å²) in [5.41, 5.74) is -0.117. The highest BCUT2D eigenvalue weighted by Crippen LogP contribution is 2.29. The van der Waals surface area contributed by atoms with E-state index in [0.717, 1.165) is 30.3 Å². The molecule has 7 nitrogen and oxygen atoms in total. The molecule has 1 aliphatic heterocycles. The maximum Gasteiger partial charge on any atom is 0.338 e. The molecule has 3 rings (SSSR count). The Hall–Kier alpha value is -3.27. The largest absolute Gasteiger partial charge is 0.463 e. The van der Waals surface area contributed by atoms with Crippen LogP contribution in [-0.4, -0.2) is 32.8 Å². The molecule has 0 aliphatic carbocycles. The molecule has 0 bridgehead atoms. The van der Waals surface area contributed by atoms with Crippen molar-refractivity contribution in [2.75, 3.05) is 12.4 Å². The summed E-state index contributed by atoms with van der Waals surface area (Å²) in [7, 11) is -4.04. The molecule has 0 saturated heterocycles. The molecule has 158 valence electrons. The molecular weight excluding hydrogens is 418 g/mol. The van der Waals surface area contributed by atoms with Crippen LogP contribution in [0, 0.1) is 11.6 Å². The van der Waals surface area contributed by atoms with Crippen LogP contribution in [0.5, 0.6) is 0 Å². The molecule has 2 aromatic rings. The Bertz CT molecular complexity index is 1110. The summed E-state index contributed by atoms with van der Waals surface area (Å²) < 4.78 is 57.5. The van der Waals surface area contributed by atoms with Gasteiger partial charge < -0.3 is 15.4 Å². The summed E-state index contributed by atoms with van der Waals surface area (Å²) in [6.07, 6.45) is 0. The van der Waals surface area contributed by atoms with Crippen LogP contribution in [0.25, 0.3) is 0 Å². The monoisotopic (exact) mass is 436 g/mol. The Morgan fingerprint density at radius 3 is 2.43 bits per heavy atom. The van der Waals surface area contributed by atoms with E-state index in [2.05, 4.69) is 10.6 Å². The van der Waals surface area contributed by atoms with Crippen molar-refractivity contribution in [1.82, 2.24) is 10.6 Å². The van der Waals surface area contributed by atoms with Crippen molar-refractivity contribution in [2.24, 2.45) is 0 Å². The number of urea groups is 1. The molecule has 2 amide bonds. The van der Waals surface area contributed by atoms with Crippen LogP contribution >= 0.6 is 0 Å². The van der Waals surface area contributed by atoms with Gasteiger partial charge >= 0.3 is 12.0 Å². The van der Waals surface area contributed by atoms with Crippen molar-refractivity contribution in [2.45, 2.75) is 17.9 Å². The molecule has 1 aliphatic rings. The van der Waals surface area contributed by atoms with Crippen molar-refractivity contribution in [3.8, 4) is 0 Å². The quantitative estimate of drug-likeness (QED) is 0.536. The highest BCUT2D eigenvalue weighted by Gasteiger charge is 2.35. The zero-order valence-electron chi connectivity index (χ0n) is 15.8. The molecule has 0 unspecified atom stereocenters. The van der Waals surface area contributed by atoms with Gasteiger partial charge in [0.1, 0.15) is 11.6 Å². The van der Waals surface area contributed by atoms with Crippen LogP contribution in [0.15, 0.2) is 64.7 Å². The zero-order chi connectivity index (χ0) is 21.9. The molecule has 1 atom stereocenters. The second kappa shape index (κ2) is 8.62. The highest BCUT2D eigenvalue weighted by atomic mass is 32.2. The van der Waals surface area contributed by atoms with Crippen molar-refractivity contribution < 1.29 is 31.5 Å². The minimum absolute atomic E-state index is 0.00411. The fraction of sp³-hybridized carbons (Fsp3) is 0.200. The predicted molar refractivity (Wildman–Crippen MR) is 103 cm³/mol. The van der Waals surface area contributed by atoms with E-state index in [9.17, 15) is 26.8 Å². The number of ether oxygens (including phenoxy) is 1. The van der Waals surface area contributed by atoms with Gasteiger partial charge in [-0.05, 0) is 48.9 Å². The van der Waals surface area contributed by atoms with Crippen LogP contribution in [0.1, 0.15) is 18.5 Å². The zero-order valence-corrected chi connectivity index (χ0v) is 16.6.